The highest BCUT2D eigenvalue weighted by atomic mass is 16.5. The molecule has 104 valence electrons. The standard InChI is InChI=1S/C15H18N4O/c1-4-12-11(10-19(2)18-12)14(9-16)17-13-7-5-6-8-15(13)20-3/h5-8,10,14,17H,4H2,1-3H3. The molecule has 0 spiro atoms. The summed E-state index contributed by atoms with van der Waals surface area (Å²) in [6, 6.07) is 9.39. The van der Waals surface area contributed by atoms with Crippen LogP contribution in [0.2, 0.25) is 0 Å². The van der Waals surface area contributed by atoms with Gasteiger partial charge in [0, 0.05) is 18.8 Å². The molecule has 0 saturated heterocycles. The van der Waals surface area contributed by atoms with Gasteiger partial charge in [0.05, 0.1) is 24.6 Å². The van der Waals surface area contributed by atoms with Crippen molar-refractivity contribution in [2.45, 2.75) is 19.4 Å². The topological polar surface area (TPSA) is 62.9 Å². The second-order valence-electron chi connectivity index (χ2n) is 4.47. The Morgan fingerprint density at radius 1 is 1.45 bits per heavy atom. The number of hydrogen-bond donors (Lipinski definition) is 1. The van der Waals surface area contributed by atoms with Gasteiger partial charge in [0.15, 0.2) is 0 Å². The lowest BCUT2D eigenvalue weighted by Crippen LogP contribution is -2.10. The Morgan fingerprint density at radius 2 is 2.20 bits per heavy atom. The SMILES string of the molecule is CCc1nn(C)cc1C(C#N)Nc1ccccc1OC. The highest BCUT2D eigenvalue weighted by molar-refractivity contribution is 5.58. The van der Waals surface area contributed by atoms with Gasteiger partial charge in [-0.2, -0.15) is 10.4 Å². The number of para-hydroxylation sites is 2. The van der Waals surface area contributed by atoms with E-state index in [-0.39, 0.29) is 0 Å². The second kappa shape index (κ2) is 6.11. The number of aromatic nitrogens is 2. The number of aryl methyl sites for hydroxylation is 2. The first-order valence-corrected chi connectivity index (χ1v) is 6.51. The van der Waals surface area contributed by atoms with Crippen molar-refractivity contribution in [3.63, 3.8) is 0 Å². The van der Waals surface area contributed by atoms with Gasteiger partial charge in [0.2, 0.25) is 0 Å². The third kappa shape index (κ3) is 2.75. The Bertz CT molecular complexity index is 627. The summed E-state index contributed by atoms with van der Waals surface area (Å²) in [4.78, 5) is 0. The fraction of sp³-hybridized carbons (Fsp3) is 0.333. The molecule has 5 nitrogen and oxygen atoms in total. The van der Waals surface area contributed by atoms with Crippen LogP contribution in [0.5, 0.6) is 5.75 Å². The maximum absolute atomic E-state index is 9.44. The van der Waals surface area contributed by atoms with Crippen molar-refractivity contribution < 1.29 is 4.74 Å². The molecule has 0 fully saturated rings. The van der Waals surface area contributed by atoms with Gasteiger partial charge in [-0.25, -0.2) is 0 Å². The molecule has 20 heavy (non-hydrogen) atoms. The molecule has 2 rings (SSSR count). The summed E-state index contributed by atoms with van der Waals surface area (Å²) >= 11 is 0. The number of nitrogens with zero attached hydrogens (tertiary/aromatic N) is 3. The van der Waals surface area contributed by atoms with Crippen LogP contribution in [0.4, 0.5) is 5.69 Å². The molecule has 1 aromatic heterocycles. The van der Waals surface area contributed by atoms with Crippen molar-refractivity contribution in [2.75, 3.05) is 12.4 Å². The van der Waals surface area contributed by atoms with Gasteiger partial charge in [-0.15, -0.1) is 0 Å². The van der Waals surface area contributed by atoms with Crippen molar-refractivity contribution in [1.29, 1.82) is 5.26 Å². The molecule has 5 heteroatoms. The van der Waals surface area contributed by atoms with Crippen LogP contribution >= 0.6 is 0 Å². The van der Waals surface area contributed by atoms with Crippen LogP contribution in [-0.2, 0) is 13.5 Å². The fourth-order valence-electron chi connectivity index (χ4n) is 2.17. The molecule has 0 aliphatic heterocycles. The minimum atomic E-state index is -0.449. The van der Waals surface area contributed by atoms with E-state index in [0.717, 1.165) is 29.1 Å². The number of nitrogens with one attached hydrogen (secondary N) is 1. The summed E-state index contributed by atoms with van der Waals surface area (Å²) in [7, 11) is 3.48. The summed E-state index contributed by atoms with van der Waals surface area (Å²) < 4.78 is 7.03. The number of methoxy groups -OCH3 is 1. The van der Waals surface area contributed by atoms with Gasteiger partial charge in [0.25, 0.3) is 0 Å². The molecule has 1 aromatic carbocycles. The second-order valence-corrected chi connectivity index (χ2v) is 4.47. The molecule has 1 N–H and O–H groups in total. The average Bonchev–Trinajstić information content (AvgIpc) is 2.86. The molecule has 0 aliphatic carbocycles. The third-order valence-corrected chi connectivity index (χ3v) is 3.12. The third-order valence-electron chi connectivity index (χ3n) is 3.12. The number of nitriles is 1. The Balaban J connectivity index is 2.32. The number of rotatable bonds is 5. The first-order valence-electron chi connectivity index (χ1n) is 6.51. The quantitative estimate of drug-likeness (QED) is 0.907. The zero-order valence-electron chi connectivity index (χ0n) is 11.9. The van der Waals surface area contributed by atoms with E-state index in [1.54, 1.807) is 11.8 Å². The summed E-state index contributed by atoms with van der Waals surface area (Å²) in [5.74, 6) is 0.717. The molecule has 2 aromatic rings. The summed E-state index contributed by atoms with van der Waals surface area (Å²) in [5.41, 5.74) is 2.64. The molecule has 0 amide bonds. The molecule has 0 aliphatic rings. The number of anilines is 1. The number of ether oxygens (including phenoxy) is 1. The smallest absolute Gasteiger partial charge is 0.143 e. The van der Waals surface area contributed by atoms with E-state index >= 15 is 0 Å². The zero-order valence-corrected chi connectivity index (χ0v) is 11.9. The van der Waals surface area contributed by atoms with Crippen LogP contribution in [0, 0.1) is 11.3 Å². The van der Waals surface area contributed by atoms with Gasteiger partial charge in [0.1, 0.15) is 11.8 Å². The fourth-order valence-corrected chi connectivity index (χ4v) is 2.17. The zero-order chi connectivity index (χ0) is 14.5. The molecule has 1 unspecified atom stereocenters. The molecule has 1 heterocycles. The lowest BCUT2D eigenvalue weighted by molar-refractivity contribution is 0.416. The molecule has 0 saturated carbocycles. The lowest BCUT2D eigenvalue weighted by atomic mass is 10.1. The minimum Gasteiger partial charge on any atom is -0.495 e. The first-order chi connectivity index (χ1) is 9.69. The number of benzene rings is 1. The van der Waals surface area contributed by atoms with E-state index in [9.17, 15) is 5.26 Å². The van der Waals surface area contributed by atoms with Crippen molar-refractivity contribution in [3.05, 3.63) is 41.7 Å². The van der Waals surface area contributed by atoms with Gasteiger partial charge in [-0.05, 0) is 18.6 Å². The number of hydrogen-bond acceptors (Lipinski definition) is 4. The maximum atomic E-state index is 9.44. The summed E-state index contributed by atoms with van der Waals surface area (Å²) in [5, 5.41) is 17.0. The predicted molar refractivity (Wildman–Crippen MR) is 77.6 cm³/mol. The normalized spacial score (nSPS) is 11.7. The van der Waals surface area contributed by atoms with E-state index in [4.69, 9.17) is 4.74 Å². The van der Waals surface area contributed by atoms with E-state index in [1.165, 1.54) is 0 Å². The van der Waals surface area contributed by atoms with Crippen LogP contribution < -0.4 is 10.1 Å². The average molecular weight is 270 g/mol. The predicted octanol–water partition coefficient (Wildman–Crippen LogP) is 2.67. The lowest BCUT2D eigenvalue weighted by Gasteiger charge is -2.15. The molecule has 0 bridgehead atoms. The Morgan fingerprint density at radius 3 is 2.85 bits per heavy atom. The first kappa shape index (κ1) is 13.9. The van der Waals surface area contributed by atoms with Crippen LogP contribution in [0.1, 0.15) is 24.2 Å². The van der Waals surface area contributed by atoms with Crippen molar-refractivity contribution >= 4 is 5.69 Å². The highest BCUT2D eigenvalue weighted by Crippen LogP contribution is 2.28. The summed E-state index contributed by atoms with van der Waals surface area (Å²) in [6.07, 6.45) is 2.68. The van der Waals surface area contributed by atoms with Gasteiger partial charge >= 0.3 is 0 Å². The van der Waals surface area contributed by atoms with Crippen LogP contribution in [0.3, 0.4) is 0 Å². The van der Waals surface area contributed by atoms with E-state index in [0.29, 0.717) is 0 Å². The maximum Gasteiger partial charge on any atom is 0.143 e. The van der Waals surface area contributed by atoms with Crippen molar-refractivity contribution in [1.82, 2.24) is 9.78 Å². The minimum absolute atomic E-state index is 0.449. The van der Waals surface area contributed by atoms with Crippen molar-refractivity contribution in [3.8, 4) is 11.8 Å². The molecule has 1 atom stereocenters. The van der Waals surface area contributed by atoms with E-state index in [1.807, 2.05) is 44.4 Å². The van der Waals surface area contributed by atoms with Gasteiger partial charge in [-0.3, -0.25) is 4.68 Å². The highest BCUT2D eigenvalue weighted by Gasteiger charge is 2.18. The Labute approximate surface area is 118 Å². The van der Waals surface area contributed by atoms with Crippen molar-refractivity contribution in [2.24, 2.45) is 7.05 Å². The van der Waals surface area contributed by atoms with Crippen LogP contribution in [-0.4, -0.2) is 16.9 Å². The van der Waals surface area contributed by atoms with E-state index < -0.39 is 6.04 Å². The summed E-state index contributed by atoms with van der Waals surface area (Å²) in [6.45, 7) is 2.03. The molecule has 0 radical (unpaired) electrons. The van der Waals surface area contributed by atoms with Crippen LogP contribution in [0.15, 0.2) is 30.5 Å². The molecular weight excluding hydrogens is 252 g/mol. The Kier molecular flexibility index (Phi) is 4.26. The van der Waals surface area contributed by atoms with Gasteiger partial charge in [-0.1, -0.05) is 19.1 Å². The van der Waals surface area contributed by atoms with Crippen LogP contribution in [0.25, 0.3) is 0 Å². The Hall–Kier alpha value is -2.48. The largest absolute Gasteiger partial charge is 0.495 e. The van der Waals surface area contributed by atoms with Gasteiger partial charge < -0.3 is 10.1 Å². The van der Waals surface area contributed by atoms with E-state index in [2.05, 4.69) is 16.5 Å². The molecular formula is C15H18N4O. The monoisotopic (exact) mass is 270 g/mol.